The fourth-order valence-corrected chi connectivity index (χ4v) is 1.47. The van der Waals surface area contributed by atoms with Crippen LogP contribution in [-0.4, -0.2) is 22.4 Å². The van der Waals surface area contributed by atoms with E-state index in [4.69, 9.17) is 10.8 Å². The van der Waals surface area contributed by atoms with Crippen molar-refractivity contribution in [2.24, 2.45) is 5.73 Å². The smallest absolute Gasteiger partial charge is 0.481 e. The third-order valence-electron chi connectivity index (χ3n) is 2.26. The normalized spacial score (nSPS) is 11.4. The molecule has 0 spiro atoms. The first-order valence-electron chi connectivity index (χ1n) is 4.89. The van der Waals surface area contributed by atoms with Crippen LogP contribution in [0.4, 0.5) is 13.2 Å². The van der Waals surface area contributed by atoms with Gasteiger partial charge in [-0.3, -0.25) is 4.79 Å². The third-order valence-corrected chi connectivity index (χ3v) is 2.26. The van der Waals surface area contributed by atoms with E-state index in [0.29, 0.717) is 5.56 Å². The average Bonchev–Trinajstić information content (AvgIpc) is 2.22. The molecule has 18 heavy (non-hydrogen) atoms. The second-order valence-corrected chi connectivity index (χ2v) is 3.51. The maximum atomic E-state index is 12.1. The van der Waals surface area contributed by atoms with Crippen LogP contribution in [0.15, 0.2) is 6.20 Å². The molecule has 8 heteroatoms. The summed E-state index contributed by atoms with van der Waals surface area (Å²) in [5.41, 5.74) is 5.98. The van der Waals surface area contributed by atoms with Gasteiger partial charge < -0.3 is 15.6 Å². The van der Waals surface area contributed by atoms with Gasteiger partial charge >= 0.3 is 12.3 Å². The fraction of sp³-hybridized carbons (Fsp3) is 0.400. The number of nitrogens with zero attached hydrogens (tertiary/aromatic N) is 1. The van der Waals surface area contributed by atoms with E-state index in [1.54, 1.807) is 0 Å². The van der Waals surface area contributed by atoms with E-state index in [1.165, 1.54) is 6.92 Å². The van der Waals surface area contributed by atoms with Gasteiger partial charge in [-0.1, -0.05) is 0 Å². The van der Waals surface area contributed by atoms with Crippen molar-refractivity contribution < 1.29 is 27.8 Å². The summed E-state index contributed by atoms with van der Waals surface area (Å²) >= 11 is 0. The number of hydrogen-bond acceptors (Lipinski definition) is 4. The molecule has 0 saturated heterocycles. The van der Waals surface area contributed by atoms with Crippen LogP contribution in [-0.2, 0) is 17.8 Å². The van der Waals surface area contributed by atoms with Crippen molar-refractivity contribution in [2.45, 2.75) is 26.3 Å². The van der Waals surface area contributed by atoms with E-state index in [-0.39, 0.29) is 17.7 Å². The molecule has 3 N–H and O–H groups in total. The van der Waals surface area contributed by atoms with Gasteiger partial charge in [0.2, 0.25) is 5.88 Å². The molecule has 0 aliphatic rings. The molecule has 0 aliphatic heterocycles. The lowest BCUT2D eigenvalue weighted by atomic mass is 10.0. The van der Waals surface area contributed by atoms with Gasteiger partial charge in [-0.15, -0.1) is 13.2 Å². The van der Waals surface area contributed by atoms with Crippen molar-refractivity contribution >= 4 is 5.97 Å². The summed E-state index contributed by atoms with van der Waals surface area (Å²) in [6.07, 6.45) is -4.22. The van der Waals surface area contributed by atoms with Crippen molar-refractivity contribution in [1.29, 1.82) is 0 Å². The molecule has 0 aliphatic carbocycles. The Hall–Kier alpha value is -1.83. The summed E-state index contributed by atoms with van der Waals surface area (Å²) in [7, 11) is 0. The zero-order valence-electron chi connectivity index (χ0n) is 9.41. The van der Waals surface area contributed by atoms with E-state index >= 15 is 0 Å². The lowest BCUT2D eigenvalue weighted by Gasteiger charge is -2.14. The molecule has 0 unspecified atom stereocenters. The highest BCUT2D eigenvalue weighted by atomic mass is 19.4. The van der Waals surface area contributed by atoms with E-state index in [2.05, 4.69) is 9.72 Å². The zero-order chi connectivity index (χ0) is 13.9. The highest BCUT2D eigenvalue weighted by Crippen LogP contribution is 2.27. The molecule has 0 bridgehead atoms. The van der Waals surface area contributed by atoms with Gasteiger partial charge in [0.1, 0.15) is 0 Å². The predicted molar refractivity (Wildman–Crippen MR) is 54.9 cm³/mol. The minimum atomic E-state index is -4.87. The molecule has 5 nitrogen and oxygen atoms in total. The van der Waals surface area contributed by atoms with Crippen LogP contribution in [0.3, 0.4) is 0 Å². The first-order chi connectivity index (χ1) is 8.24. The summed E-state index contributed by atoms with van der Waals surface area (Å²) in [6, 6.07) is 0. The Morgan fingerprint density at radius 3 is 2.61 bits per heavy atom. The summed E-state index contributed by atoms with van der Waals surface area (Å²) < 4.78 is 40.0. The molecule has 0 fully saturated rings. The standard InChI is InChI=1S/C10H11F3N2O3/c1-5-7(2-8(16)17)6(3-14)4-15-9(5)18-10(11,12)13/h4H,2-3,14H2,1H3,(H,16,17). The van der Waals surface area contributed by atoms with Crippen LogP contribution in [0, 0.1) is 6.92 Å². The largest absolute Gasteiger partial charge is 0.574 e. The Balaban J connectivity index is 3.20. The van der Waals surface area contributed by atoms with Gasteiger partial charge in [0, 0.05) is 18.3 Å². The number of pyridine rings is 1. The van der Waals surface area contributed by atoms with Gasteiger partial charge in [-0.2, -0.15) is 0 Å². The second-order valence-electron chi connectivity index (χ2n) is 3.51. The predicted octanol–water partition coefficient (Wildman–Crippen LogP) is 1.37. The van der Waals surface area contributed by atoms with Crippen molar-refractivity contribution in [3.05, 3.63) is 22.9 Å². The first-order valence-corrected chi connectivity index (χ1v) is 4.89. The number of aliphatic carboxylic acids is 1. The molecule has 0 aromatic carbocycles. The van der Waals surface area contributed by atoms with Gasteiger partial charge in [0.05, 0.1) is 6.42 Å². The topological polar surface area (TPSA) is 85.4 Å². The molecule has 0 radical (unpaired) electrons. The first kappa shape index (κ1) is 14.2. The fourth-order valence-electron chi connectivity index (χ4n) is 1.47. The summed E-state index contributed by atoms with van der Waals surface area (Å²) in [5.74, 6) is -1.83. The number of ether oxygens (including phenoxy) is 1. The Morgan fingerprint density at radius 1 is 1.56 bits per heavy atom. The van der Waals surface area contributed by atoms with Crippen LogP contribution in [0.2, 0.25) is 0 Å². The van der Waals surface area contributed by atoms with Gasteiger partial charge in [-0.05, 0) is 18.1 Å². The quantitative estimate of drug-likeness (QED) is 0.857. The minimum Gasteiger partial charge on any atom is -0.481 e. The Morgan fingerprint density at radius 2 is 2.17 bits per heavy atom. The van der Waals surface area contributed by atoms with Crippen LogP contribution >= 0.6 is 0 Å². The van der Waals surface area contributed by atoms with E-state index in [0.717, 1.165) is 6.20 Å². The average molecular weight is 264 g/mol. The highest BCUT2D eigenvalue weighted by molar-refractivity contribution is 5.71. The third kappa shape index (κ3) is 3.59. The highest BCUT2D eigenvalue weighted by Gasteiger charge is 2.33. The van der Waals surface area contributed by atoms with Crippen molar-refractivity contribution in [3.8, 4) is 5.88 Å². The molecule has 1 aromatic rings. The van der Waals surface area contributed by atoms with Gasteiger partial charge in [-0.25, -0.2) is 4.98 Å². The van der Waals surface area contributed by atoms with Crippen molar-refractivity contribution in [3.63, 3.8) is 0 Å². The number of carboxylic acids is 1. The van der Waals surface area contributed by atoms with Crippen molar-refractivity contribution in [2.75, 3.05) is 0 Å². The summed E-state index contributed by atoms with van der Waals surface area (Å²) in [6.45, 7) is 1.30. The summed E-state index contributed by atoms with van der Waals surface area (Å²) in [5, 5.41) is 8.71. The van der Waals surface area contributed by atoms with Crippen LogP contribution in [0.1, 0.15) is 16.7 Å². The maximum absolute atomic E-state index is 12.1. The van der Waals surface area contributed by atoms with E-state index < -0.39 is 24.6 Å². The molecule has 0 amide bonds. The van der Waals surface area contributed by atoms with Crippen LogP contribution in [0.5, 0.6) is 5.88 Å². The minimum absolute atomic E-state index is 0.0112. The SMILES string of the molecule is Cc1c(OC(F)(F)F)ncc(CN)c1CC(=O)O. The molecular weight excluding hydrogens is 253 g/mol. The molecule has 100 valence electrons. The Kier molecular flexibility index (Phi) is 4.12. The molecule has 1 aromatic heterocycles. The van der Waals surface area contributed by atoms with E-state index in [9.17, 15) is 18.0 Å². The maximum Gasteiger partial charge on any atom is 0.574 e. The lowest BCUT2D eigenvalue weighted by molar-refractivity contribution is -0.276. The lowest BCUT2D eigenvalue weighted by Crippen LogP contribution is -2.20. The molecular formula is C10H11F3N2O3. The number of rotatable bonds is 4. The van der Waals surface area contributed by atoms with Gasteiger partial charge in [0.25, 0.3) is 0 Å². The molecule has 1 heterocycles. The zero-order valence-corrected chi connectivity index (χ0v) is 9.41. The molecule has 0 saturated carbocycles. The van der Waals surface area contributed by atoms with Crippen LogP contribution < -0.4 is 10.5 Å². The monoisotopic (exact) mass is 264 g/mol. The number of carbonyl (C=O) groups is 1. The Bertz CT molecular complexity index is 460. The molecule has 1 rings (SSSR count). The Labute approximate surface area is 100 Å². The number of halogens is 3. The second kappa shape index (κ2) is 5.21. The van der Waals surface area contributed by atoms with E-state index in [1.807, 2.05) is 0 Å². The van der Waals surface area contributed by atoms with Crippen molar-refractivity contribution in [1.82, 2.24) is 4.98 Å². The number of alkyl halides is 3. The number of hydrogen-bond donors (Lipinski definition) is 2. The van der Waals surface area contributed by atoms with Crippen LogP contribution in [0.25, 0.3) is 0 Å². The molecule has 0 atom stereocenters. The number of carboxylic acid groups (broad SMARTS) is 1. The number of aromatic nitrogens is 1. The number of nitrogens with two attached hydrogens (primary N) is 1. The summed E-state index contributed by atoms with van der Waals surface area (Å²) in [4.78, 5) is 14.1. The van der Waals surface area contributed by atoms with Gasteiger partial charge in [0.15, 0.2) is 0 Å².